The zero-order chi connectivity index (χ0) is 20.5. The molecule has 0 atom stereocenters. The van der Waals surface area contributed by atoms with Gasteiger partial charge in [0.1, 0.15) is 10.7 Å². The number of nitrogens with zero attached hydrogens (tertiary/aromatic N) is 3. The molecule has 0 aromatic carbocycles. The molecule has 154 valence electrons. The Morgan fingerprint density at radius 2 is 1.86 bits per heavy atom. The first-order valence-electron chi connectivity index (χ1n) is 10.1. The summed E-state index contributed by atoms with van der Waals surface area (Å²) in [7, 11) is 0. The van der Waals surface area contributed by atoms with Crippen molar-refractivity contribution >= 4 is 39.3 Å². The lowest BCUT2D eigenvalue weighted by molar-refractivity contribution is -0.138. The van der Waals surface area contributed by atoms with Gasteiger partial charge in [-0.1, -0.05) is 6.42 Å². The lowest BCUT2D eigenvalue weighted by atomic mass is 10.2. The van der Waals surface area contributed by atoms with Gasteiger partial charge in [-0.15, -0.1) is 11.3 Å². The third-order valence-corrected chi connectivity index (χ3v) is 6.80. The molecule has 0 radical (unpaired) electrons. The van der Waals surface area contributed by atoms with E-state index in [4.69, 9.17) is 0 Å². The zero-order valence-electron chi connectivity index (χ0n) is 16.5. The second-order valence-electron chi connectivity index (χ2n) is 7.58. The van der Waals surface area contributed by atoms with Crippen LogP contribution in [0.3, 0.4) is 0 Å². The van der Waals surface area contributed by atoms with Crippen LogP contribution in [0, 0.1) is 6.92 Å². The number of imide groups is 1. The van der Waals surface area contributed by atoms with Gasteiger partial charge in [-0.2, -0.15) is 0 Å². The third kappa shape index (κ3) is 3.71. The minimum Gasteiger partial charge on any atom is -0.351 e. The van der Waals surface area contributed by atoms with Gasteiger partial charge in [-0.25, -0.2) is 4.98 Å². The van der Waals surface area contributed by atoms with E-state index in [1.807, 2.05) is 0 Å². The number of fused-ring (bicyclic) bond motifs is 2. The molecule has 0 bridgehead atoms. The molecule has 1 N–H and O–H groups in total. The van der Waals surface area contributed by atoms with Gasteiger partial charge >= 0.3 is 0 Å². The second kappa shape index (κ2) is 8.06. The summed E-state index contributed by atoms with van der Waals surface area (Å²) in [6, 6.07) is 0. The molecule has 2 aromatic rings. The second-order valence-corrected chi connectivity index (χ2v) is 8.58. The number of thiophene rings is 1. The van der Waals surface area contributed by atoms with Gasteiger partial charge in [0, 0.05) is 38.9 Å². The number of aromatic nitrogens is 2. The monoisotopic (exact) mass is 416 g/mol. The first-order chi connectivity index (χ1) is 14.0. The summed E-state index contributed by atoms with van der Waals surface area (Å²) in [6.07, 6.45) is 4.94. The fourth-order valence-corrected chi connectivity index (χ4v) is 5.12. The van der Waals surface area contributed by atoms with Gasteiger partial charge in [-0.05, 0) is 31.7 Å². The van der Waals surface area contributed by atoms with Crippen LogP contribution in [0.1, 0.15) is 59.6 Å². The molecular formula is C20H24N4O4S. The van der Waals surface area contributed by atoms with Crippen molar-refractivity contribution in [2.24, 2.45) is 0 Å². The summed E-state index contributed by atoms with van der Waals surface area (Å²) >= 11 is 1.25. The zero-order valence-corrected chi connectivity index (χ0v) is 17.3. The molecule has 4 rings (SSSR count). The van der Waals surface area contributed by atoms with Gasteiger partial charge in [-0.3, -0.25) is 28.6 Å². The molecule has 2 aliphatic rings. The molecule has 29 heavy (non-hydrogen) atoms. The van der Waals surface area contributed by atoms with E-state index in [9.17, 15) is 19.2 Å². The summed E-state index contributed by atoms with van der Waals surface area (Å²) in [6.45, 7) is 3.15. The Hall–Kier alpha value is -2.55. The molecule has 9 heteroatoms. The maximum Gasteiger partial charge on any atom is 0.262 e. The van der Waals surface area contributed by atoms with Crippen molar-refractivity contribution in [1.29, 1.82) is 0 Å². The summed E-state index contributed by atoms with van der Waals surface area (Å²) in [5.41, 5.74) is 0.621. The largest absolute Gasteiger partial charge is 0.351 e. The molecule has 4 heterocycles. The number of carbonyl (C=O) groups excluding carboxylic acids is 3. The fraction of sp³-hybridized carbons (Fsp3) is 0.550. The molecule has 0 spiro atoms. The van der Waals surface area contributed by atoms with E-state index >= 15 is 0 Å². The van der Waals surface area contributed by atoms with Crippen molar-refractivity contribution in [1.82, 2.24) is 19.8 Å². The van der Waals surface area contributed by atoms with E-state index in [-0.39, 0.29) is 36.1 Å². The van der Waals surface area contributed by atoms with Crippen LogP contribution < -0.4 is 10.9 Å². The highest BCUT2D eigenvalue weighted by atomic mass is 32.1. The van der Waals surface area contributed by atoms with E-state index in [1.54, 1.807) is 11.5 Å². The maximum atomic E-state index is 13.0. The van der Waals surface area contributed by atoms with Crippen LogP contribution in [-0.4, -0.2) is 45.3 Å². The Kier molecular flexibility index (Phi) is 5.49. The first-order valence-corrected chi connectivity index (χ1v) is 10.9. The molecule has 0 saturated carbocycles. The van der Waals surface area contributed by atoms with Crippen molar-refractivity contribution in [2.75, 3.05) is 13.1 Å². The Balaban J connectivity index is 1.47. The summed E-state index contributed by atoms with van der Waals surface area (Å²) in [5.74, 6) is 0.276. The molecule has 1 saturated heterocycles. The van der Waals surface area contributed by atoms with E-state index in [0.717, 1.165) is 31.5 Å². The van der Waals surface area contributed by atoms with Gasteiger partial charge in [0.2, 0.25) is 11.8 Å². The van der Waals surface area contributed by atoms with Gasteiger partial charge < -0.3 is 5.32 Å². The predicted octanol–water partition coefficient (Wildman–Crippen LogP) is 1.76. The van der Waals surface area contributed by atoms with Gasteiger partial charge in [0.15, 0.2) is 0 Å². The molecule has 3 amide bonds. The highest BCUT2D eigenvalue weighted by Crippen LogP contribution is 2.28. The van der Waals surface area contributed by atoms with E-state index < -0.39 is 0 Å². The van der Waals surface area contributed by atoms with Crippen LogP contribution in [0.2, 0.25) is 0 Å². The molecular weight excluding hydrogens is 392 g/mol. The Morgan fingerprint density at radius 3 is 2.62 bits per heavy atom. The van der Waals surface area contributed by atoms with Crippen molar-refractivity contribution < 1.29 is 14.4 Å². The topological polar surface area (TPSA) is 101 Å². The van der Waals surface area contributed by atoms with Crippen LogP contribution in [-0.2, 0) is 22.6 Å². The Labute approximate surface area is 171 Å². The third-order valence-electron chi connectivity index (χ3n) is 5.62. The number of hydrogen-bond donors (Lipinski definition) is 1. The summed E-state index contributed by atoms with van der Waals surface area (Å²) in [4.78, 5) is 56.0. The number of rotatable bonds is 5. The quantitative estimate of drug-likeness (QED) is 0.591. The molecule has 0 aliphatic carbocycles. The first kappa shape index (κ1) is 19.8. The SMILES string of the molecule is Cc1c(C(=O)NCCCN2C(=O)CCC2=O)sc2nc3n(c(=O)c12)CCCCC3. The average molecular weight is 417 g/mol. The van der Waals surface area contributed by atoms with Crippen LogP contribution in [0.15, 0.2) is 4.79 Å². The summed E-state index contributed by atoms with van der Waals surface area (Å²) in [5, 5.41) is 3.38. The van der Waals surface area contributed by atoms with Gasteiger partial charge in [0.25, 0.3) is 11.5 Å². The number of nitrogens with one attached hydrogen (secondary N) is 1. The minimum absolute atomic E-state index is 0.0502. The standard InChI is InChI=1S/C20H24N4O4S/c1-12-16-19(22-13-6-3-2-4-10-23(13)20(16)28)29-17(12)18(27)21-9-5-11-24-14(25)7-8-15(24)26/h2-11H2,1H3,(H,21,27). The average Bonchev–Trinajstić information content (AvgIpc) is 3.07. The molecule has 8 nitrogen and oxygen atoms in total. The van der Waals surface area contributed by atoms with Crippen LogP contribution in [0.5, 0.6) is 0 Å². The van der Waals surface area contributed by atoms with E-state index in [2.05, 4.69) is 10.3 Å². The van der Waals surface area contributed by atoms with Crippen molar-refractivity contribution in [3.05, 3.63) is 26.6 Å². The van der Waals surface area contributed by atoms with Crippen molar-refractivity contribution in [2.45, 2.75) is 58.4 Å². The number of aryl methyl sites for hydroxylation is 2. The normalized spacial score (nSPS) is 16.9. The fourth-order valence-electron chi connectivity index (χ4n) is 4.02. The molecule has 2 aliphatic heterocycles. The summed E-state index contributed by atoms with van der Waals surface area (Å²) < 4.78 is 1.76. The van der Waals surface area contributed by atoms with Crippen LogP contribution in [0.4, 0.5) is 0 Å². The van der Waals surface area contributed by atoms with E-state index in [1.165, 1.54) is 16.2 Å². The van der Waals surface area contributed by atoms with E-state index in [0.29, 0.717) is 46.7 Å². The van der Waals surface area contributed by atoms with Crippen LogP contribution >= 0.6 is 11.3 Å². The maximum absolute atomic E-state index is 13.0. The molecule has 1 fully saturated rings. The highest BCUT2D eigenvalue weighted by molar-refractivity contribution is 7.20. The Bertz CT molecular complexity index is 1040. The smallest absolute Gasteiger partial charge is 0.262 e. The Morgan fingerprint density at radius 1 is 1.10 bits per heavy atom. The lowest BCUT2D eigenvalue weighted by Gasteiger charge is -2.13. The highest BCUT2D eigenvalue weighted by Gasteiger charge is 2.28. The number of likely N-dealkylation sites (tertiary alicyclic amines) is 1. The number of amides is 3. The van der Waals surface area contributed by atoms with Crippen molar-refractivity contribution in [3.63, 3.8) is 0 Å². The van der Waals surface area contributed by atoms with Crippen molar-refractivity contribution in [3.8, 4) is 0 Å². The van der Waals surface area contributed by atoms with Crippen LogP contribution in [0.25, 0.3) is 10.2 Å². The molecule has 0 unspecified atom stereocenters. The number of carbonyl (C=O) groups is 3. The predicted molar refractivity (Wildman–Crippen MR) is 109 cm³/mol. The molecule has 2 aromatic heterocycles. The lowest BCUT2D eigenvalue weighted by Crippen LogP contribution is -2.33. The number of hydrogen-bond acceptors (Lipinski definition) is 6. The minimum atomic E-state index is -0.246. The van der Waals surface area contributed by atoms with Gasteiger partial charge in [0.05, 0.1) is 10.3 Å².